The molecule has 0 spiro atoms. The highest BCUT2D eigenvalue weighted by molar-refractivity contribution is 6.60. The van der Waals surface area contributed by atoms with E-state index in [1.165, 1.54) is 41.1 Å². The first kappa shape index (κ1) is 27.5. The van der Waals surface area contributed by atoms with E-state index in [0.717, 1.165) is 0 Å². The third-order valence-electron chi connectivity index (χ3n) is 3.57. The second kappa shape index (κ2) is 12.2. The molecule has 9 nitrogen and oxygen atoms in total. The normalized spacial score (nSPS) is 11.2. The van der Waals surface area contributed by atoms with Crippen LogP contribution in [-0.4, -0.2) is 53.5 Å². The third-order valence-corrected chi connectivity index (χ3v) is 6.28. The molecule has 0 saturated heterocycles. The molecular formula is C20H30O9Si. The first-order valence-electron chi connectivity index (χ1n) is 8.89. The van der Waals surface area contributed by atoms with Crippen LogP contribution in [0.5, 0.6) is 0 Å². The van der Waals surface area contributed by atoms with E-state index in [-0.39, 0.29) is 35.8 Å². The van der Waals surface area contributed by atoms with Gasteiger partial charge >= 0.3 is 32.7 Å². The van der Waals surface area contributed by atoms with Crippen LogP contribution in [0.3, 0.4) is 0 Å². The predicted molar refractivity (Wildman–Crippen MR) is 111 cm³/mol. The largest absolute Gasteiger partial charge is 0.501 e. The fourth-order valence-corrected chi connectivity index (χ4v) is 3.81. The van der Waals surface area contributed by atoms with Crippen molar-refractivity contribution in [2.75, 3.05) is 20.8 Å². The molecule has 0 atom stereocenters. The Labute approximate surface area is 178 Å². The standard InChI is InChI=1S/C20H30O9Si/c1-10-12-26-30(24-8,25-9)13-11-20(27-17(21)14(2)3,28-18(22)15(4)5)29-19(23)16(6)7/h10H,1-2,4,6,11-13H2,3,5,7-9H3. The molecule has 0 saturated carbocycles. The lowest BCUT2D eigenvalue weighted by Gasteiger charge is -2.34. The molecule has 0 aliphatic heterocycles. The van der Waals surface area contributed by atoms with Crippen molar-refractivity contribution in [1.82, 2.24) is 0 Å². The van der Waals surface area contributed by atoms with Crippen molar-refractivity contribution in [3.05, 3.63) is 49.1 Å². The summed E-state index contributed by atoms with van der Waals surface area (Å²) in [5, 5.41) is 0. The molecule has 0 fully saturated rings. The van der Waals surface area contributed by atoms with Crippen molar-refractivity contribution < 1.29 is 41.9 Å². The molecule has 0 aromatic rings. The Balaban J connectivity index is 6.16. The number of esters is 3. The molecule has 0 rings (SSSR count). The number of carbonyl (C=O) groups excluding carboxylic acids is 3. The average molecular weight is 443 g/mol. The van der Waals surface area contributed by atoms with Gasteiger partial charge in [0.25, 0.3) is 0 Å². The zero-order valence-electron chi connectivity index (χ0n) is 18.2. The number of hydrogen-bond acceptors (Lipinski definition) is 9. The van der Waals surface area contributed by atoms with Crippen molar-refractivity contribution in [1.29, 1.82) is 0 Å². The molecule has 10 heteroatoms. The lowest BCUT2D eigenvalue weighted by atomic mass is 10.3. The topological polar surface area (TPSA) is 107 Å². The van der Waals surface area contributed by atoms with Gasteiger partial charge in [-0.05, 0) is 20.8 Å². The zero-order chi connectivity index (χ0) is 23.5. The molecule has 0 aromatic carbocycles. The Kier molecular flexibility index (Phi) is 11.2. The maximum absolute atomic E-state index is 12.3. The molecule has 0 aliphatic carbocycles. The molecule has 0 unspecified atom stereocenters. The second-order valence-electron chi connectivity index (χ2n) is 6.38. The lowest BCUT2D eigenvalue weighted by Crippen LogP contribution is -2.50. The molecule has 0 aromatic heterocycles. The second-order valence-corrected chi connectivity index (χ2v) is 9.35. The van der Waals surface area contributed by atoms with Crippen LogP contribution in [0, 0.1) is 0 Å². The van der Waals surface area contributed by atoms with E-state index < -0.39 is 32.7 Å². The van der Waals surface area contributed by atoms with Crippen LogP contribution in [0.1, 0.15) is 27.2 Å². The van der Waals surface area contributed by atoms with E-state index in [1.807, 2.05) is 0 Å². The molecule has 0 aliphatic rings. The summed E-state index contributed by atoms with van der Waals surface area (Å²) in [6.07, 6.45) is 1.14. The van der Waals surface area contributed by atoms with Crippen molar-refractivity contribution in [3.63, 3.8) is 0 Å². The first-order valence-corrected chi connectivity index (χ1v) is 10.8. The van der Waals surface area contributed by atoms with Crippen LogP contribution >= 0.6 is 0 Å². The Bertz CT molecular complexity index is 638. The quantitative estimate of drug-likeness (QED) is 0.132. The van der Waals surface area contributed by atoms with Crippen LogP contribution in [0.25, 0.3) is 0 Å². The summed E-state index contributed by atoms with van der Waals surface area (Å²) in [6.45, 7) is 18.3. The van der Waals surface area contributed by atoms with Gasteiger partial charge in [-0.1, -0.05) is 25.8 Å². The highest BCUT2D eigenvalue weighted by atomic mass is 28.4. The molecule has 168 valence electrons. The van der Waals surface area contributed by atoms with E-state index in [2.05, 4.69) is 26.3 Å². The van der Waals surface area contributed by atoms with Crippen LogP contribution in [0.2, 0.25) is 6.04 Å². The van der Waals surface area contributed by atoms with Crippen molar-refractivity contribution in [2.45, 2.75) is 39.2 Å². The lowest BCUT2D eigenvalue weighted by molar-refractivity contribution is -0.327. The fourth-order valence-electron chi connectivity index (χ4n) is 1.87. The van der Waals surface area contributed by atoms with E-state index in [4.69, 9.17) is 27.5 Å². The van der Waals surface area contributed by atoms with Gasteiger partial charge in [-0.3, -0.25) is 0 Å². The molecule has 0 radical (unpaired) electrons. The summed E-state index contributed by atoms with van der Waals surface area (Å²) in [6, 6.07) is -0.0513. The van der Waals surface area contributed by atoms with Gasteiger partial charge in [0.1, 0.15) is 0 Å². The fraction of sp³-hybridized carbons (Fsp3) is 0.450. The Morgan fingerprint density at radius 1 is 0.833 bits per heavy atom. The first-order chi connectivity index (χ1) is 13.9. The molecular weight excluding hydrogens is 412 g/mol. The minimum Gasteiger partial charge on any atom is -0.385 e. The Morgan fingerprint density at radius 2 is 1.20 bits per heavy atom. The van der Waals surface area contributed by atoms with Gasteiger partial charge in [-0.15, -0.1) is 6.58 Å². The van der Waals surface area contributed by atoms with Crippen molar-refractivity contribution >= 4 is 26.7 Å². The highest BCUT2D eigenvalue weighted by Crippen LogP contribution is 2.30. The Morgan fingerprint density at radius 3 is 1.47 bits per heavy atom. The van der Waals surface area contributed by atoms with Gasteiger partial charge < -0.3 is 27.5 Å². The smallest absolute Gasteiger partial charge is 0.385 e. The van der Waals surface area contributed by atoms with Gasteiger partial charge in [0.15, 0.2) is 0 Å². The third kappa shape index (κ3) is 8.45. The summed E-state index contributed by atoms with van der Waals surface area (Å²) in [5.74, 6) is -5.30. The van der Waals surface area contributed by atoms with E-state index >= 15 is 0 Å². The minimum absolute atomic E-state index is 0.0120. The van der Waals surface area contributed by atoms with Crippen LogP contribution in [-0.2, 0) is 41.9 Å². The summed E-state index contributed by atoms with van der Waals surface area (Å²) in [7, 11) is -0.571. The van der Waals surface area contributed by atoms with Crippen molar-refractivity contribution in [2.24, 2.45) is 0 Å². The van der Waals surface area contributed by atoms with Crippen LogP contribution in [0.4, 0.5) is 0 Å². The summed E-state index contributed by atoms with van der Waals surface area (Å²) in [4.78, 5) is 36.8. The number of hydrogen-bond donors (Lipinski definition) is 0. The molecule has 0 heterocycles. The monoisotopic (exact) mass is 442 g/mol. The molecule has 0 N–H and O–H groups in total. The molecule has 0 bridgehead atoms. The van der Waals surface area contributed by atoms with E-state index in [1.54, 1.807) is 0 Å². The van der Waals surface area contributed by atoms with Crippen LogP contribution < -0.4 is 0 Å². The molecule has 0 amide bonds. The summed E-state index contributed by atoms with van der Waals surface area (Å²) < 4.78 is 32.2. The van der Waals surface area contributed by atoms with Gasteiger partial charge in [-0.2, -0.15) is 0 Å². The Hall–Kier alpha value is -2.53. The number of ether oxygens (including phenoxy) is 3. The number of rotatable bonds is 14. The van der Waals surface area contributed by atoms with Gasteiger partial charge in [0.05, 0.1) is 13.0 Å². The van der Waals surface area contributed by atoms with Gasteiger partial charge in [-0.25, -0.2) is 14.4 Å². The predicted octanol–water partition coefficient (Wildman–Crippen LogP) is 2.82. The highest BCUT2D eigenvalue weighted by Gasteiger charge is 2.49. The van der Waals surface area contributed by atoms with E-state index in [0.29, 0.717) is 0 Å². The summed E-state index contributed by atoms with van der Waals surface area (Å²) in [5.41, 5.74) is -0.0361. The van der Waals surface area contributed by atoms with Crippen LogP contribution in [0.15, 0.2) is 49.1 Å². The van der Waals surface area contributed by atoms with Gasteiger partial charge in [0, 0.05) is 37.0 Å². The summed E-state index contributed by atoms with van der Waals surface area (Å²) >= 11 is 0. The van der Waals surface area contributed by atoms with E-state index in [9.17, 15) is 14.4 Å². The SMILES string of the molecule is C=CCO[Si](CCC(OC(=O)C(=C)C)(OC(=O)C(=C)C)OC(=O)C(=C)C)(OC)OC. The molecule has 30 heavy (non-hydrogen) atoms. The van der Waals surface area contributed by atoms with Crippen molar-refractivity contribution in [3.8, 4) is 0 Å². The maximum atomic E-state index is 12.3. The van der Waals surface area contributed by atoms with Gasteiger partial charge in [0.2, 0.25) is 0 Å². The maximum Gasteiger partial charge on any atom is 0.501 e. The number of carbonyl (C=O) groups is 3. The minimum atomic E-state index is -3.32. The average Bonchev–Trinajstić information content (AvgIpc) is 2.68. The zero-order valence-corrected chi connectivity index (χ0v) is 19.2.